The first-order chi connectivity index (χ1) is 13.8. The lowest BCUT2D eigenvalue weighted by atomic mass is 10.2. The Kier molecular flexibility index (Phi) is 5.89. The van der Waals surface area contributed by atoms with Crippen molar-refractivity contribution < 1.29 is 23.9 Å². The molecule has 2 aromatic rings. The van der Waals surface area contributed by atoms with Gasteiger partial charge in [0, 0.05) is 5.69 Å². The number of methoxy groups -OCH3 is 1. The fourth-order valence-corrected chi connectivity index (χ4v) is 2.91. The number of amides is 2. The Morgan fingerprint density at radius 2 is 1.62 bits per heavy atom. The summed E-state index contributed by atoms with van der Waals surface area (Å²) in [5.41, 5.74) is 1.17. The number of benzene rings is 2. The van der Waals surface area contributed by atoms with Crippen LogP contribution in [0.25, 0.3) is 0 Å². The van der Waals surface area contributed by atoms with Gasteiger partial charge in [-0.3, -0.25) is 9.59 Å². The third-order valence-corrected chi connectivity index (χ3v) is 4.44. The van der Waals surface area contributed by atoms with E-state index in [9.17, 15) is 14.4 Å². The molecular formula is C21H19ClN2O5. The Bertz CT molecular complexity index is 981. The standard InChI is InChI=1S/C21H19ClN2O5/c1-12(2)29-21(27)13-4-8-15(9-5-13)24-19(25)17(22)18(20(24)26)23-14-6-10-16(28-3)11-7-14/h4-12,23H,1-3H3. The first-order valence-electron chi connectivity index (χ1n) is 8.82. The van der Waals surface area contributed by atoms with Gasteiger partial charge in [-0.15, -0.1) is 0 Å². The number of carbonyl (C=O) groups is 3. The highest BCUT2D eigenvalue weighted by molar-refractivity contribution is 6.53. The van der Waals surface area contributed by atoms with E-state index in [0.717, 1.165) is 4.90 Å². The number of nitrogens with zero attached hydrogens (tertiary/aromatic N) is 1. The van der Waals surface area contributed by atoms with E-state index in [4.69, 9.17) is 21.1 Å². The molecule has 0 spiro atoms. The second kappa shape index (κ2) is 8.36. The topological polar surface area (TPSA) is 84.9 Å². The van der Waals surface area contributed by atoms with Gasteiger partial charge >= 0.3 is 5.97 Å². The lowest BCUT2D eigenvalue weighted by Crippen LogP contribution is -2.32. The molecule has 2 amide bonds. The van der Waals surface area contributed by atoms with Gasteiger partial charge in [-0.25, -0.2) is 9.69 Å². The minimum atomic E-state index is -0.648. The highest BCUT2D eigenvalue weighted by Crippen LogP contribution is 2.30. The molecule has 0 saturated heterocycles. The normalized spacial score (nSPS) is 13.9. The monoisotopic (exact) mass is 414 g/mol. The van der Waals surface area contributed by atoms with Crippen molar-refractivity contribution in [3.63, 3.8) is 0 Å². The van der Waals surface area contributed by atoms with E-state index in [0.29, 0.717) is 22.7 Å². The highest BCUT2D eigenvalue weighted by atomic mass is 35.5. The number of imide groups is 1. The Morgan fingerprint density at radius 1 is 1.00 bits per heavy atom. The van der Waals surface area contributed by atoms with Crippen LogP contribution in [-0.2, 0) is 14.3 Å². The molecule has 1 aliphatic heterocycles. The fourth-order valence-electron chi connectivity index (χ4n) is 2.69. The number of hydrogen-bond donors (Lipinski definition) is 1. The van der Waals surface area contributed by atoms with Crippen molar-refractivity contribution in [3.05, 3.63) is 64.8 Å². The first kappa shape index (κ1) is 20.4. The van der Waals surface area contributed by atoms with Crippen LogP contribution in [0.1, 0.15) is 24.2 Å². The summed E-state index contributed by atoms with van der Waals surface area (Å²) in [5, 5.41) is 2.67. The number of esters is 1. The summed E-state index contributed by atoms with van der Waals surface area (Å²) in [6, 6.07) is 12.8. The molecule has 2 aromatic carbocycles. The van der Waals surface area contributed by atoms with Crippen LogP contribution in [0.3, 0.4) is 0 Å². The molecule has 0 atom stereocenters. The molecule has 1 heterocycles. The summed E-state index contributed by atoms with van der Waals surface area (Å²) in [6.45, 7) is 3.50. The molecule has 3 rings (SSSR count). The van der Waals surface area contributed by atoms with Crippen LogP contribution in [0.5, 0.6) is 5.75 Å². The number of halogens is 1. The molecule has 0 aliphatic carbocycles. The van der Waals surface area contributed by atoms with Gasteiger partial charge in [0.25, 0.3) is 11.8 Å². The van der Waals surface area contributed by atoms with E-state index in [-0.39, 0.29) is 16.8 Å². The van der Waals surface area contributed by atoms with Crippen molar-refractivity contribution in [1.29, 1.82) is 0 Å². The summed E-state index contributed by atoms with van der Waals surface area (Å²) in [5.74, 6) is -1.07. The van der Waals surface area contributed by atoms with Gasteiger partial charge in [0.1, 0.15) is 16.5 Å². The van der Waals surface area contributed by atoms with Crippen LogP contribution >= 0.6 is 11.6 Å². The zero-order valence-corrected chi connectivity index (χ0v) is 16.8. The van der Waals surface area contributed by atoms with Crippen molar-refractivity contribution >= 4 is 40.8 Å². The lowest BCUT2D eigenvalue weighted by Gasteiger charge is -2.16. The van der Waals surface area contributed by atoms with Gasteiger partial charge < -0.3 is 14.8 Å². The van der Waals surface area contributed by atoms with E-state index in [1.54, 1.807) is 45.2 Å². The fraction of sp³-hybridized carbons (Fsp3) is 0.190. The summed E-state index contributed by atoms with van der Waals surface area (Å²) in [7, 11) is 1.55. The Balaban J connectivity index is 1.79. The van der Waals surface area contributed by atoms with Crippen molar-refractivity contribution in [2.75, 3.05) is 17.3 Å². The van der Waals surface area contributed by atoms with Crippen LogP contribution < -0.4 is 15.0 Å². The molecule has 8 heteroatoms. The predicted molar refractivity (Wildman–Crippen MR) is 109 cm³/mol. The zero-order valence-electron chi connectivity index (χ0n) is 16.1. The van der Waals surface area contributed by atoms with Gasteiger partial charge in [-0.05, 0) is 62.4 Å². The molecule has 0 aromatic heterocycles. The molecular weight excluding hydrogens is 396 g/mol. The van der Waals surface area contributed by atoms with Crippen molar-refractivity contribution in [3.8, 4) is 5.75 Å². The second-order valence-corrected chi connectivity index (χ2v) is 6.87. The molecule has 0 bridgehead atoms. The third kappa shape index (κ3) is 4.25. The molecule has 0 radical (unpaired) electrons. The number of nitrogens with one attached hydrogen (secondary N) is 1. The van der Waals surface area contributed by atoms with Crippen LogP contribution in [0.15, 0.2) is 59.3 Å². The second-order valence-electron chi connectivity index (χ2n) is 6.49. The molecule has 150 valence electrons. The smallest absolute Gasteiger partial charge is 0.338 e. The van der Waals surface area contributed by atoms with Crippen LogP contribution in [0, 0.1) is 0 Å². The Morgan fingerprint density at radius 3 is 2.17 bits per heavy atom. The van der Waals surface area contributed by atoms with Crippen LogP contribution in [0.4, 0.5) is 11.4 Å². The van der Waals surface area contributed by atoms with E-state index in [2.05, 4.69) is 5.32 Å². The zero-order chi connectivity index (χ0) is 21.1. The average Bonchev–Trinajstić information content (AvgIpc) is 2.91. The summed E-state index contributed by atoms with van der Waals surface area (Å²) >= 11 is 6.12. The number of rotatable bonds is 6. The van der Waals surface area contributed by atoms with Crippen LogP contribution in [0.2, 0.25) is 0 Å². The van der Waals surface area contributed by atoms with Gasteiger partial charge in [-0.2, -0.15) is 0 Å². The summed E-state index contributed by atoms with van der Waals surface area (Å²) in [6.07, 6.45) is -0.251. The van der Waals surface area contributed by atoms with E-state index in [1.807, 2.05) is 0 Å². The molecule has 1 aliphatic rings. The largest absolute Gasteiger partial charge is 0.497 e. The quantitative estimate of drug-likeness (QED) is 0.573. The maximum Gasteiger partial charge on any atom is 0.338 e. The molecule has 7 nitrogen and oxygen atoms in total. The van der Waals surface area contributed by atoms with Gasteiger partial charge in [0.2, 0.25) is 0 Å². The predicted octanol–water partition coefficient (Wildman–Crippen LogP) is 3.70. The Labute approximate surface area is 172 Å². The minimum Gasteiger partial charge on any atom is -0.497 e. The Hall–Kier alpha value is -3.32. The molecule has 0 saturated carbocycles. The van der Waals surface area contributed by atoms with Crippen molar-refractivity contribution in [2.24, 2.45) is 0 Å². The maximum atomic E-state index is 12.8. The van der Waals surface area contributed by atoms with E-state index >= 15 is 0 Å². The van der Waals surface area contributed by atoms with Gasteiger partial charge in [-0.1, -0.05) is 11.6 Å². The van der Waals surface area contributed by atoms with Gasteiger partial charge in [0.15, 0.2) is 0 Å². The highest BCUT2D eigenvalue weighted by Gasteiger charge is 2.39. The molecule has 0 fully saturated rings. The number of ether oxygens (including phenoxy) is 2. The first-order valence-corrected chi connectivity index (χ1v) is 9.20. The van der Waals surface area contributed by atoms with Crippen molar-refractivity contribution in [2.45, 2.75) is 20.0 Å². The lowest BCUT2D eigenvalue weighted by molar-refractivity contribution is -0.120. The molecule has 0 unspecified atom stereocenters. The third-order valence-electron chi connectivity index (χ3n) is 4.09. The number of anilines is 2. The van der Waals surface area contributed by atoms with Gasteiger partial charge in [0.05, 0.1) is 24.5 Å². The number of hydrogen-bond acceptors (Lipinski definition) is 6. The summed E-state index contributed by atoms with van der Waals surface area (Å²) in [4.78, 5) is 38.2. The van der Waals surface area contributed by atoms with E-state index in [1.165, 1.54) is 24.3 Å². The average molecular weight is 415 g/mol. The molecule has 1 N–H and O–H groups in total. The van der Waals surface area contributed by atoms with Crippen molar-refractivity contribution in [1.82, 2.24) is 0 Å². The van der Waals surface area contributed by atoms with Crippen LogP contribution in [-0.4, -0.2) is 31.0 Å². The SMILES string of the molecule is COc1ccc(NC2=C(Cl)C(=O)N(c3ccc(C(=O)OC(C)C)cc3)C2=O)cc1. The maximum absolute atomic E-state index is 12.8. The molecule has 29 heavy (non-hydrogen) atoms. The number of carbonyl (C=O) groups excluding carboxylic acids is 3. The minimum absolute atomic E-state index is 0.0230. The van der Waals surface area contributed by atoms with E-state index < -0.39 is 17.8 Å². The summed E-state index contributed by atoms with van der Waals surface area (Å²) < 4.78 is 10.2.